The summed E-state index contributed by atoms with van der Waals surface area (Å²) in [7, 11) is 0. The summed E-state index contributed by atoms with van der Waals surface area (Å²) in [6.45, 7) is 2.71. The van der Waals surface area contributed by atoms with Gasteiger partial charge in [-0.15, -0.1) is 0 Å². The molecule has 2 rings (SSSR count). The summed E-state index contributed by atoms with van der Waals surface area (Å²) in [5.41, 5.74) is 1.69. The molecule has 2 nitrogen and oxygen atoms in total. The highest BCUT2D eigenvalue weighted by Gasteiger charge is 2.38. The predicted molar refractivity (Wildman–Crippen MR) is 77.9 cm³/mol. The molecule has 0 bridgehead atoms. The number of hydrogen-bond donors (Lipinski definition) is 1. The first-order chi connectivity index (χ1) is 9.40. The zero-order chi connectivity index (χ0) is 14.8. The number of anilines is 1. The molecule has 0 unspecified atom stereocenters. The molecular weight excluding hydrogens is 333 g/mol. The maximum Gasteiger partial charge on any atom is 0.405 e. The molecule has 0 amide bonds. The highest BCUT2D eigenvalue weighted by atomic mass is 79.9. The summed E-state index contributed by atoms with van der Waals surface area (Å²) in [5.74, 6) is 0. The lowest BCUT2D eigenvalue weighted by molar-refractivity contribution is -0.120. The first-order valence-corrected chi connectivity index (χ1v) is 7.52. The standard InChI is InChI=1S/C14H18BrF3N2/c1-2-19-8-10-3-6-13(12(15)7-10)20(11-4-5-11)9-14(16,17)18/h3,6-7,11,19H,2,4-5,8-9H2,1H3. The van der Waals surface area contributed by atoms with E-state index in [1.807, 2.05) is 19.1 Å². The molecule has 6 heteroatoms. The normalized spacial score (nSPS) is 15.4. The first kappa shape index (κ1) is 15.6. The van der Waals surface area contributed by atoms with E-state index in [2.05, 4.69) is 21.2 Å². The van der Waals surface area contributed by atoms with Crippen LogP contribution in [0.5, 0.6) is 0 Å². The SMILES string of the molecule is CCNCc1ccc(N(CC(F)(F)F)C2CC2)c(Br)c1. The molecule has 0 aromatic heterocycles. The van der Waals surface area contributed by atoms with Crippen molar-refractivity contribution in [2.24, 2.45) is 0 Å². The fourth-order valence-corrected chi connectivity index (χ4v) is 2.81. The number of benzene rings is 1. The maximum absolute atomic E-state index is 12.7. The van der Waals surface area contributed by atoms with Crippen molar-refractivity contribution < 1.29 is 13.2 Å². The molecule has 1 aromatic carbocycles. The fraction of sp³-hybridized carbons (Fsp3) is 0.571. The first-order valence-electron chi connectivity index (χ1n) is 6.73. The van der Waals surface area contributed by atoms with E-state index in [4.69, 9.17) is 0 Å². The smallest absolute Gasteiger partial charge is 0.359 e. The largest absolute Gasteiger partial charge is 0.405 e. The molecule has 20 heavy (non-hydrogen) atoms. The third kappa shape index (κ3) is 4.38. The molecule has 1 aromatic rings. The molecule has 0 spiro atoms. The van der Waals surface area contributed by atoms with E-state index < -0.39 is 12.7 Å². The van der Waals surface area contributed by atoms with Crippen molar-refractivity contribution >= 4 is 21.6 Å². The summed E-state index contributed by atoms with van der Waals surface area (Å²) < 4.78 is 38.8. The number of rotatable bonds is 6. The summed E-state index contributed by atoms with van der Waals surface area (Å²) in [6, 6.07) is 5.58. The van der Waals surface area contributed by atoms with E-state index in [1.165, 1.54) is 4.90 Å². The van der Waals surface area contributed by atoms with Crippen molar-refractivity contribution in [1.82, 2.24) is 5.32 Å². The number of halogens is 4. The van der Waals surface area contributed by atoms with E-state index in [0.717, 1.165) is 36.0 Å². The van der Waals surface area contributed by atoms with Gasteiger partial charge in [0.25, 0.3) is 0 Å². The average Bonchev–Trinajstić information content (AvgIpc) is 3.17. The van der Waals surface area contributed by atoms with Gasteiger partial charge in [-0.3, -0.25) is 0 Å². The van der Waals surface area contributed by atoms with Crippen LogP contribution in [0.1, 0.15) is 25.3 Å². The summed E-state index contributed by atoms with van der Waals surface area (Å²) in [5, 5.41) is 3.20. The Morgan fingerprint density at radius 2 is 2.05 bits per heavy atom. The molecule has 1 aliphatic rings. The van der Waals surface area contributed by atoms with Gasteiger partial charge in [0.2, 0.25) is 0 Å². The van der Waals surface area contributed by atoms with Crippen LogP contribution in [-0.4, -0.2) is 25.3 Å². The summed E-state index contributed by atoms with van der Waals surface area (Å²) >= 11 is 3.41. The van der Waals surface area contributed by atoms with Crippen LogP contribution in [-0.2, 0) is 6.54 Å². The molecule has 0 saturated heterocycles. The second-order valence-corrected chi connectivity index (χ2v) is 5.89. The van der Waals surface area contributed by atoms with Crippen molar-refractivity contribution in [3.05, 3.63) is 28.2 Å². The van der Waals surface area contributed by atoms with Crippen LogP contribution < -0.4 is 10.2 Å². The Morgan fingerprint density at radius 3 is 2.55 bits per heavy atom. The van der Waals surface area contributed by atoms with Gasteiger partial charge in [0, 0.05) is 17.1 Å². The highest BCUT2D eigenvalue weighted by molar-refractivity contribution is 9.10. The molecule has 0 heterocycles. The van der Waals surface area contributed by atoms with Gasteiger partial charge in [0.15, 0.2) is 0 Å². The van der Waals surface area contributed by atoms with Gasteiger partial charge in [-0.1, -0.05) is 13.0 Å². The third-order valence-electron chi connectivity index (χ3n) is 3.24. The lowest BCUT2D eigenvalue weighted by Crippen LogP contribution is -2.36. The second kappa shape index (κ2) is 6.35. The Labute approximate surface area is 125 Å². The molecular formula is C14H18BrF3N2. The molecule has 112 valence electrons. The minimum absolute atomic E-state index is 0.0209. The Morgan fingerprint density at radius 1 is 1.35 bits per heavy atom. The van der Waals surface area contributed by atoms with E-state index in [1.54, 1.807) is 6.07 Å². The average molecular weight is 351 g/mol. The molecule has 1 N–H and O–H groups in total. The lowest BCUT2D eigenvalue weighted by atomic mass is 10.2. The van der Waals surface area contributed by atoms with Crippen molar-refractivity contribution in [1.29, 1.82) is 0 Å². The van der Waals surface area contributed by atoms with Gasteiger partial charge in [-0.05, 0) is 53.0 Å². The van der Waals surface area contributed by atoms with Crippen molar-refractivity contribution in [2.45, 2.75) is 38.5 Å². The number of nitrogens with zero attached hydrogens (tertiary/aromatic N) is 1. The fourth-order valence-electron chi connectivity index (χ4n) is 2.15. The van der Waals surface area contributed by atoms with Gasteiger partial charge in [-0.25, -0.2) is 0 Å². The topological polar surface area (TPSA) is 15.3 Å². The zero-order valence-electron chi connectivity index (χ0n) is 11.3. The molecule has 1 aliphatic carbocycles. The van der Waals surface area contributed by atoms with Crippen LogP contribution in [0.15, 0.2) is 22.7 Å². The van der Waals surface area contributed by atoms with Gasteiger partial charge in [0.1, 0.15) is 6.54 Å². The number of hydrogen-bond acceptors (Lipinski definition) is 2. The second-order valence-electron chi connectivity index (χ2n) is 5.04. The van der Waals surface area contributed by atoms with Crippen molar-refractivity contribution in [3.8, 4) is 0 Å². The van der Waals surface area contributed by atoms with Crippen molar-refractivity contribution in [3.63, 3.8) is 0 Å². The number of alkyl halides is 3. The minimum atomic E-state index is -4.18. The van der Waals surface area contributed by atoms with Crippen LogP contribution in [0, 0.1) is 0 Å². The van der Waals surface area contributed by atoms with E-state index in [0.29, 0.717) is 5.69 Å². The van der Waals surface area contributed by atoms with Crippen LogP contribution in [0.2, 0.25) is 0 Å². The molecule has 0 atom stereocenters. The van der Waals surface area contributed by atoms with E-state index >= 15 is 0 Å². The van der Waals surface area contributed by atoms with Crippen LogP contribution in [0.3, 0.4) is 0 Å². The van der Waals surface area contributed by atoms with Crippen LogP contribution >= 0.6 is 15.9 Å². The van der Waals surface area contributed by atoms with Gasteiger partial charge < -0.3 is 10.2 Å². The van der Waals surface area contributed by atoms with E-state index in [9.17, 15) is 13.2 Å². The maximum atomic E-state index is 12.7. The van der Waals surface area contributed by atoms with Crippen LogP contribution in [0.4, 0.5) is 18.9 Å². The van der Waals surface area contributed by atoms with Gasteiger partial charge in [0.05, 0.1) is 5.69 Å². The third-order valence-corrected chi connectivity index (χ3v) is 3.87. The highest BCUT2D eigenvalue weighted by Crippen LogP contribution is 2.38. The Kier molecular flexibility index (Phi) is 4.96. The summed E-state index contributed by atoms with van der Waals surface area (Å²) in [4.78, 5) is 1.46. The molecule has 0 aliphatic heterocycles. The minimum Gasteiger partial charge on any atom is -0.359 e. The van der Waals surface area contributed by atoms with E-state index in [-0.39, 0.29) is 6.04 Å². The Hall–Kier alpha value is -0.750. The zero-order valence-corrected chi connectivity index (χ0v) is 12.9. The Bertz CT molecular complexity index is 458. The quantitative estimate of drug-likeness (QED) is 0.831. The van der Waals surface area contributed by atoms with Gasteiger partial charge >= 0.3 is 6.18 Å². The van der Waals surface area contributed by atoms with Crippen molar-refractivity contribution in [2.75, 3.05) is 18.0 Å². The van der Waals surface area contributed by atoms with Crippen LogP contribution in [0.25, 0.3) is 0 Å². The number of nitrogens with one attached hydrogen (secondary N) is 1. The predicted octanol–water partition coefficient (Wildman–Crippen LogP) is 4.09. The van der Waals surface area contributed by atoms with Gasteiger partial charge in [-0.2, -0.15) is 13.2 Å². The monoisotopic (exact) mass is 350 g/mol. The summed E-state index contributed by atoms with van der Waals surface area (Å²) in [6.07, 6.45) is -2.51. The Balaban J connectivity index is 2.16. The molecule has 0 radical (unpaired) electrons. The lowest BCUT2D eigenvalue weighted by Gasteiger charge is -2.27. The molecule has 1 fully saturated rings. The molecule has 1 saturated carbocycles.